The number of rotatable bonds is 1. The van der Waals surface area contributed by atoms with Gasteiger partial charge in [0, 0.05) is 6.54 Å². The standard InChI is InChI=1S/C11H11F3N2O/c1-7-2-4-8(5-3-7)16-10(17)9(6-15-16)11(12,13)14/h2-5,9,15H,6H2,1H3. The predicted molar refractivity (Wildman–Crippen MR) is 56.2 cm³/mol. The summed E-state index contributed by atoms with van der Waals surface area (Å²) in [4.78, 5) is 11.6. The average Bonchev–Trinajstić information content (AvgIpc) is 2.61. The van der Waals surface area contributed by atoms with Crippen molar-refractivity contribution < 1.29 is 18.0 Å². The van der Waals surface area contributed by atoms with Crippen molar-refractivity contribution in [3.63, 3.8) is 0 Å². The lowest BCUT2D eigenvalue weighted by Gasteiger charge is -2.17. The minimum atomic E-state index is -4.50. The molecular weight excluding hydrogens is 233 g/mol. The van der Waals surface area contributed by atoms with Crippen molar-refractivity contribution in [2.75, 3.05) is 11.6 Å². The lowest BCUT2D eigenvalue weighted by atomic mass is 10.1. The highest BCUT2D eigenvalue weighted by molar-refractivity contribution is 5.96. The van der Waals surface area contributed by atoms with Gasteiger partial charge in [0.1, 0.15) is 5.92 Å². The summed E-state index contributed by atoms with van der Waals surface area (Å²) in [5.74, 6) is -2.91. The number of carbonyl (C=O) groups excluding carboxylic acids is 1. The van der Waals surface area contributed by atoms with Gasteiger partial charge in [0.15, 0.2) is 0 Å². The Hall–Kier alpha value is -1.56. The fourth-order valence-electron chi connectivity index (χ4n) is 1.67. The molecule has 0 bridgehead atoms. The van der Waals surface area contributed by atoms with Crippen LogP contribution in [0.3, 0.4) is 0 Å². The van der Waals surface area contributed by atoms with E-state index < -0.39 is 24.5 Å². The number of benzene rings is 1. The van der Waals surface area contributed by atoms with Crippen molar-refractivity contribution in [1.29, 1.82) is 0 Å². The van der Waals surface area contributed by atoms with Crippen LogP contribution in [-0.2, 0) is 4.79 Å². The van der Waals surface area contributed by atoms with Crippen molar-refractivity contribution in [2.24, 2.45) is 5.92 Å². The van der Waals surface area contributed by atoms with E-state index in [1.54, 1.807) is 24.3 Å². The second-order valence-corrected chi connectivity index (χ2v) is 3.97. The van der Waals surface area contributed by atoms with Gasteiger partial charge in [-0.1, -0.05) is 17.7 Å². The Balaban J connectivity index is 2.21. The summed E-state index contributed by atoms with van der Waals surface area (Å²) < 4.78 is 37.4. The molecule has 1 aromatic carbocycles. The number of nitrogens with zero attached hydrogens (tertiary/aromatic N) is 1. The molecule has 1 N–H and O–H groups in total. The number of aryl methyl sites for hydroxylation is 1. The van der Waals surface area contributed by atoms with Crippen LogP contribution in [0.4, 0.5) is 18.9 Å². The van der Waals surface area contributed by atoms with Gasteiger partial charge < -0.3 is 0 Å². The van der Waals surface area contributed by atoms with Crippen molar-refractivity contribution in [3.8, 4) is 0 Å². The number of hydrazine groups is 1. The van der Waals surface area contributed by atoms with E-state index in [1.165, 1.54) is 0 Å². The number of carbonyl (C=O) groups is 1. The summed E-state index contributed by atoms with van der Waals surface area (Å²) in [6.07, 6.45) is -4.50. The van der Waals surface area contributed by atoms with Crippen LogP contribution >= 0.6 is 0 Å². The maximum atomic E-state index is 12.5. The Morgan fingerprint density at radius 1 is 1.29 bits per heavy atom. The van der Waals surface area contributed by atoms with Gasteiger partial charge in [-0.3, -0.25) is 4.79 Å². The van der Waals surface area contributed by atoms with Gasteiger partial charge in [-0.25, -0.2) is 10.4 Å². The molecule has 1 aliphatic rings. The van der Waals surface area contributed by atoms with Crippen molar-refractivity contribution in [3.05, 3.63) is 29.8 Å². The maximum Gasteiger partial charge on any atom is 0.401 e. The van der Waals surface area contributed by atoms with Crippen LogP contribution in [0.25, 0.3) is 0 Å². The highest BCUT2D eigenvalue weighted by atomic mass is 19.4. The van der Waals surface area contributed by atoms with Gasteiger partial charge in [-0.15, -0.1) is 0 Å². The van der Waals surface area contributed by atoms with Crippen molar-refractivity contribution >= 4 is 11.6 Å². The van der Waals surface area contributed by atoms with E-state index in [-0.39, 0.29) is 0 Å². The largest absolute Gasteiger partial charge is 0.401 e. The van der Waals surface area contributed by atoms with Crippen LogP contribution < -0.4 is 10.4 Å². The molecule has 6 heteroatoms. The number of alkyl halides is 3. The van der Waals surface area contributed by atoms with E-state index in [2.05, 4.69) is 5.43 Å². The molecule has 0 radical (unpaired) electrons. The van der Waals surface area contributed by atoms with Gasteiger partial charge >= 0.3 is 6.18 Å². The second-order valence-electron chi connectivity index (χ2n) is 3.97. The van der Waals surface area contributed by atoms with Gasteiger partial charge in [0.2, 0.25) is 0 Å². The summed E-state index contributed by atoms with van der Waals surface area (Å²) in [5.41, 5.74) is 3.87. The number of hydrogen-bond donors (Lipinski definition) is 1. The molecule has 3 nitrogen and oxygen atoms in total. The molecule has 0 aliphatic carbocycles. The van der Waals surface area contributed by atoms with Crippen molar-refractivity contribution in [2.45, 2.75) is 13.1 Å². The predicted octanol–water partition coefficient (Wildman–Crippen LogP) is 2.02. The minimum Gasteiger partial charge on any atom is -0.272 e. The van der Waals surface area contributed by atoms with E-state index in [0.717, 1.165) is 10.6 Å². The molecule has 1 heterocycles. The van der Waals surface area contributed by atoms with E-state index in [9.17, 15) is 18.0 Å². The van der Waals surface area contributed by atoms with Gasteiger partial charge in [-0.2, -0.15) is 13.2 Å². The molecule has 0 aromatic heterocycles. The van der Waals surface area contributed by atoms with Crippen LogP contribution in [0.2, 0.25) is 0 Å². The normalized spacial score (nSPS) is 21.1. The van der Waals surface area contributed by atoms with Gasteiger partial charge in [0.05, 0.1) is 5.69 Å². The lowest BCUT2D eigenvalue weighted by molar-refractivity contribution is -0.174. The van der Waals surface area contributed by atoms with Crippen LogP contribution in [0, 0.1) is 12.8 Å². The molecule has 1 amide bonds. The first-order valence-corrected chi connectivity index (χ1v) is 5.10. The SMILES string of the molecule is Cc1ccc(N2NCC(C(F)(F)F)C2=O)cc1. The first-order chi connectivity index (χ1) is 7.89. The minimum absolute atomic E-state index is 0.407. The Morgan fingerprint density at radius 3 is 2.35 bits per heavy atom. The van der Waals surface area contributed by atoms with Crippen molar-refractivity contribution in [1.82, 2.24) is 5.43 Å². The summed E-state index contributed by atoms with van der Waals surface area (Å²) in [5, 5.41) is 0.956. The summed E-state index contributed by atoms with van der Waals surface area (Å²) >= 11 is 0. The van der Waals surface area contributed by atoms with Crippen LogP contribution in [-0.4, -0.2) is 18.6 Å². The second kappa shape index (κ2) is 4.03. The molecule has 92 valence electrons. The highest BCUT2D eigenvalue weighted by Crippen LogP contribution is 2.31. The molecule has 1 atom stereocenters. The van der Waals surface area contributed by atoms with Gasteiger partial charge in [-0.05, 0) is 19.1 Å². The first kappa shape index (κ1) is 11.9. The molecule has 1 unspecified atom stereocenters. The molecule has 1 fully saturated rings. The number of halogens is 3. The van der Waals surface area contributed by atoms with Crippen LogP contribution in [0.1, 0.15) is 5.56 Å². The van der Waals surface area contributed by atoms with E-state index in [1.807, 2.05) is 6.92 Å². The fraction of sp³-hybridized carbons (Fsp3) is 0.364. The quantitative estimate of drug-likeness (QED) is 0.819. The molecule has 1 aromatic rings. The zero-order valence-electron chi connectivity index (χ0n) is 9.08. The average molecular weight is 244 g/mol. The maximum absolute atomic E-state index is 12.5. The Kier molecular flexibility index (Phi) is 2.82. The summed E-state index contributed by atoms with van der Waals surface area (Å²) in [6.45, 7) is 1.46. The van der Waals surface area contributed by atoms with E-state index in [4.69, 9.17) is 0 Å². The lowest BCUT2D eigenvalue weighted by Crippen LogP contribution is -2.36. The van der Waals surface area contributed by atoms with Crippen LogP contribution in [0.5, 0.6) is 0 Å². The molecule has 1 aliphatic heterocycles. The summed E-state index contributed by atoms with van der Waals surface area (Å²) in [6, 6.07) is 6.70. The number of amides is 1. The fourth-order valence-corrected chi connectivity index (χ4v) is 1.67. The zero-order chi connectivity index (χ0) is 12.6. The molecule has 2 rings (SSSR count). The third-order valence-corrected chi connectivity index (χ3v) is 2.66. The summed E-state index contributed by atoms with van der Waals surface area (Å²) in [7, 11) is 0. The topological polar surface area (TPSA) is 32.3 Å². The van der Waals surface area contributed by atoms with Gasteiger partial charge in [0.25, 0.3) is 5.91 Å². The highest BCUT2D eigenvalue weighted by Gasteiger charge is 2.50. The number of nitrogens with one attached hydrogen (secondary N) is 1. The molecular formula is C11H11F3N2O. The number of hydrogen-bond acceptors (Lipinski definition) is 2. The number of anilines is 1. The molecule has 1 saturated heterocycles. The monoisotopic (exact) mass is 244 g/mol. The molecule has 0 spiro atoms. The van der Waals surface area contributed by atoms with E-state index in [0.29, 0.717) is 5.69 Å². The first-order valence-electron chi connectivity index (χ1n) is 5.10. The molecule has 0 saturated carbocycles. The Morgan fingerprint density at radius 2 is 1.88 bits per heavy atom. The Bertz CT molecular complexity index is 427. The third-order valence-electron chi connectivity index (χ3n) is 2.66. The Labute approximate surface area is 96.2 Å². The third kappa shape index (κ3) is 2.26. The molecule has 17 heavy (non-hydrogen) atoms. The van der Waals surface area contributed by atoms with Crippen LogP contribution in [0.15, 0.2) is 24.3 Å². The smallest absolute Gasteiger partial charge is 0.272 e. The zero-order valence-corrected chi connectivity index (χ0v) is 9.08. The van der Waals surface area contributed by atoms with E-state index >= 15 is 0 Å².